The van der Waals surface area contributed by atoms with Gasteiger partial charge in [-0.15, -0.1) is 0 Å². The molecule has 0 aromatic rings. The summed E-state index contributed by atoms with van der Waals surface area (Å²) >= 11 is 0. The third-order valence-corrected chi connectivity index (χ3v) is 8.27. The molecule has 25 heavy (non-hydrogen) atoms. The molecule has 4 nitrogen and oxygen atoms in total. The fraction of sp³-hybridized carbons (Fsp3) is 0.714. The zero-order valence-corrected chi connectivity index (χ0v) is 15.1. The lowest BCUT2D eigenvalue weighted by Crippen LogP contribution is -2.57. The predicted octanol–water partition coefficient (Wildman–Crippen LogP) is 2.59. The van der Waals surface area contributed by atoms with Crippen molar-refractivity contribution in [3.05, 3.63) is 23.8 Å². The zero-order valence-electron chi connectivity index (χ0n) is 15.1. The van der Waals surface area contributed by atoms with E-state index < -0.39 is 23.4 Å². The van der Waals surface area contributed by atoms with Gasteiger partial charge in [0.25, 0.3) is 0 Å². The lowest BCUT2D eigenvalue weighted by molar-refractivity contribution is -0.162. The van der Waals surface area contributed by atoms with Crippen LogP contribution in [0.15, 0.2) is 23.8 Å². The molecule has 0 aromatic heterocycles. The van der Waals surface area contributed by atoms with Gasteiger partial charge < -0.3 is 10.2 Å². The summed E-state index contributed by atoms with van der Waals surface area (Å²) < 4.78 is 0. The molecule has 0 aromatic carbocycles. The molecule has 6 atom stereocenters. The van der Waals surface area contributed by atoms with E-state index in [1.54, 1.807) is 6.08 Å². The van der Waals surface area contributed by atoms with E-state index in [0.29, 0.717) is 24.7 Å². The average Bonchev–Trinajstić information content (AvgIpc) is 2.87. The summed E-state index contributed by atoms with van der Waals surface area (Å²) in [5.41, 5.74) is -0.658. The smallest absolute Gasteiger partial charge is 0.190 e. The van der Waals surface area contributed by atoms with Crippen LogP contribution in [0.1, 0.15) is 52.4 Å². The first kappa shape index (κ1) is 17.2. The topological polar surface area (TPSA) is 74.6 Å². The molecule has 0 unspecified atom stereocenters. The summed E-state index contributed by atoms with van der Waals surface area (Å²) in [4.78, 5) is 24.1. The van der Waals surface area contributed by atoms with Gasteiger partial charge in [-0.2, -0.15) is 0 Å². The van der Waals surface area contributed by atoms with Crippen LogP contribution in [0.5, 0.6) is 0 Å². The third kappa shape index (κ3) is 2.07. The van der Waals surface area contributed by atoms with E-state index >= 15 is 0 Å². The Hall–Kier alpha value is -1.26. The molecule has 0 radical (unpaired) electrons. The van der Waals surface area contributed by atoms with Crippen LogP contribution in [-0.4, -0.2) is 34.0 Å². The fourth-order valence-electron chi connectivity index (χ4n) is 6.71. The van der Waals surface area contributed by atoms with Crippen LogP contribution in [0.2, 0.25) is 0 Å². The number of carbonyl (C=O) groups is 2. The van der Waals surface area contributed by atoms with Gasteiger partial charge in [0.1, 0.15) is 12.2 Å². The summed E-state index contributed by atoms with van der Waals surface area (Å²) in [5.74, 6) is 0.934. The standard InChI is InChI=1S/C21H28O4/c1-19-8-5-14(23)11-13(19)3-4-15-16(19)6-9-20(2)17(15)7-10-21(20,25)18(24)12-22/h3,5,8,15-17,22,25H,4,6-7,9-12H2,1-2H3/t15-,16+,17+,19+,20+,21+/m1/s1. The highest BCUT2D eigenvalue weighted by Crippen LogP contribution is 2.66. The molecule has 0 spiro atoms. The van der Waals surface area contributed by atoms with Crippen LogP contribution in [0.25, 0.3) is 0 Å². The lowest BCUT2D eigenvalue weighted by atomic mass is 9.48. The van der Waals surface area contributed by atoms with E-state index in [9.17, 15) is 19.8 Å². The largest absolute Gasteiger partial charge is 0.388 e. The zero-order chi connectivity index (χ0) is 18.0. The van der Waals surface area contributed by atoms with Gasteiger partial charge >= 0.3 is 0 Å². The SMILES string of the molecule is C[C@]12C=CC(=O)CC1=CC[C@@H]1[C@@H]2CC[C@@]2(C)[C@H]1CC[C@]2(O)C(=O)CO. The van der Waals surface area contributed by atoms with Gasteiger partial charge in [0.05, 0.1) is 0 Å². The van der Waals surface area contributed by atoms with Crippen molar-refractivity contribution in [3.8, 4) is 0 Å². The number of rotatable bonds is 2. The van der Waals surface area contributed by atoms with Crippen LogP contribution in [0.4, 0.5) is 0 Å². The maximum atomic E-state index is 12.3. The van der Waals surface area contributed by atoms with Crippen molar-refractivity contribution in [1.82, 2.24) is 0 Å². The first-order chi connectivity index (χ1) is 11.8. The van der Waals surface area contributed by atoms with Crippen molar-refractivity contribution in [3.63, 3.8) is 0 Å². The van der Waals surface area contributed by atoms with Gasteiger partial charge in [0.15, 0.2) is 11.6 Å². The van der Waals surface area contributed by atoms with Crippen molar-refractivity contribution in [2.24, 2.45) is 28.6 Å². The highest BCUT2D eigenvalue weighted by molar-refractivity contribution is 5.93. The Morgan fingerprint density at radius 2 is 1.96 bits per heavy atom. The van der Waals surface area contributed by atoms with E-state index in [4.69, 9.17) is 0 Å². The molecule has 4 aliphatic rings. The number of aliphatic hydroxyl groups excluding tert-OH is 1. The third-order valence-electron chi connectivity index (χ3n) is 8.27. The Morgan fingerprint density at radius 3 is 2.68 bits per heavy atom. The van der Waals surface area contributed by atoms with Gasteiger partial charge in [0, 0.05) is 17.3 Å². The van der Waals surface area contributed by atoms with Crippen molar-refractivity contribution >= 4 is 11.6 Å². The Kier molecular flexibility index (Phi) is 3.69. The van der Waals surface area contributed by atoms with Crippen molar-refractivity contribution < 1.29 is 19.8 Å². The number of ketones is 2. The van der Waals surface area contributed by atoms with Crippen LogP contribution >= 0.6 is 0 Å². The Balaban J connectivity index is 1.71. The molecule has 0 heterocycles. The number of hydrogen-bond acceptors (Lipinski definition) is 4. The van der Waals surface area contributed by atoms with E-state index in [1.165, 1.54) is 5.57 Å². The molecule has 136 valence electrons. The van der Waals surface area contributed by atoms with E-state index in [2.05, 4.69) is 26.0 Å². The normalized spacial score (nSPS) is 48.4. The van der Waals surface area contributed by atoms with Crippen LogP contribution in [-0.2, 0) is 9.59 Å². The number of hydrogen-bond donors (Lipinski definition) is 2. The van der Waals surface area contributed by atoms with Gasteiger partial charge in [-0.1, -0.05) is 31.6 Å². The fourth-order valence-corrected chi connectivity index (χ4v) is 6.71. The summed E-state index contributed by atoms with van der Waals surface area (Å²) in [5, 5.41) is 20.5. The highest BCUT2D eigenvalue weighted by Gasteiger charge is 2.65. The number of carbonyl (C=O) groups excluding carboxylic acids is 2. The first-order valence-electron chi connectivity index (χ1n) is 9.54. The second-order valence-corrected chi connectivity index (χ2v) is 9.04. The minimum Gasteiger partial charge on any atom is -0.388 e. The summed E-state index contributed by atoms with van der Waals surface area (Å²) in [7, 11) is 0. The van der Waals surface area contributed by atoms with Crippen LogP contribution in [0, 0.1) is 28.6 Å². The highest BCUT2D eigenvalue weighted by atomic mass is 16.3. The first-order valence-corrected chi connectivity index (χ1v) is 9.54. The van der Waals surface area contributed by atoms with E-state index in [-0.39, 0.29) is 17.1 Å². The average molecular weight is 344 g/mol. The Labute approximate surface area is 149 Å². The van der Waals surface area contributed by atoms with Gasteiger partial charge in [-0.25, -0.2) is 0 Å². The molecule has 0 saturated heterocycles. The summed E-state index contributed by atoms with van der Waals surface area (Å²) in [6.07, 6.45) is 10.6. The van der Waals surface area contributed by atoms with Gasteiger partial charge in [0.2, 0.25) is 0 Å². The van der Waals surface area contributed by atoms with Crippen molar-refractivity contribution in [2.75, 3.05) is 6.61 Å². The Bertz CT molecular complexity index is 692. The van der Waals surface area contributed by atoms with Crippen LogP contribution in [0.3, 0.4) is 0 Å². The molecular formula is C21H28O4. The maximum absolute atomic E-state index is 12.3. The molecular weight excluding hydrogens is 316 g/mol. The predicted molar refractivity (Wildman–Crippen MR) is 93.7 cm³/mol. The van der Waals surface area contributed by atoms with Gasteiger partial charge in [-0.3, -0.25) is 9.59 Å². The molecule has 2 saturated carbocycles. The van der Waals surface area contributed by atoms with Gasteiger partial charge in [-0.05, 0) is 55.9 Å². The monoisotopic (exact) mass is 344 g/mol. The minimum absolute atomic E-state index is 0.0696. The molecule has 0 aliphatic heterocycles. The number of fused-ring (bicyclic) bond motifs is 5. The maximum Gasteiger partial charge on any atom is 0.190 e. The van der Waals surface area contributed by atoms with Crippen LogP contribution < -0.4 is 0 Å². The number of Topliss-reactive ketones (excluding diaryl/α,β-unsaturated/α-hetero) is 1. The molecule has 0 amide bonds. The second kappa shape index (κ2) is 5.37. The summed E-state index contributed by atoms with van der Waals surface area (Å²) in [6.45, 7) is 3.72. The second-order valence-electron chi connectivity index (χ2n) is 9.04. The molecule has 2 fully saturated rings. The van der Waals surface area contributed by atoms with Crippen molar-refractivity contribution in [1.29, 1.82) is 0 Å². The molecule has 4 rings (SSSR count). The van der Waals surface area contributed by atoms with E-state index in [0.717, 1.165) is 25.7 Å². The summed E-state index contributed by atoms with van der Waals surface area (Å²) in [6, 6.07) is 0. The number of aliphatic hydroxyl groups is 2. The molecule has 4 heteroatoms. The molecule has 0 bridgehead atoms. The Morgan fingerprint density at radius 1 is 1.24 bits per heavy atom. The van der Waals surface area contributed by atoms with Crippen molar-refractivity contribution in [2.45, 2.75) is 58.0 Å². The molecule has 2 N–H and O–H groups in total. The minimum atomic E-state index is -1.39. The number of allylic oxidation sites excluding steroid dienone is 4. The lowest BCUT2D eigenvalue weighted by Gasteiger charge is -2.57. The quantitative estimate of drug-likeness (QED) is 0.755. The molecule has 4 aliphatic carbocycles. The van der Waals surface area contributed by atoms with E-state index in [1.807, 2.05) is 0 Å².